The standard InChI is InChI=1S/C29H26N6O/c1-18-13-22(34-17-21-15-23(34)16-32-21)5-6-25(18)26-9-12-31-29-27(20-3-2-4-24(36)14-20)28(33-35(26)29)19-7-10-30-11-8-19/h2-14,21,23,32,36H,15-17H2,1H3/t21-,23-/m0/s1. The van der Waals surface area contributed by atoms with Gasteiger partial charge in [-0.3, -0.25) is 4.98 Å². The van der Waals surface area contributed by atoms with Crippen molar-refractivity contribution in [1.82, 2.24) is 24.9 Å². The quantitative estimate of drug-likeness (QED) is 0.394. The van der Waals surface area contributed by atoms with Crippen molar-refractivity contribution in [3.05, 3.63) is 84.8 Å². The van der Waals surface area contributed by atoms with E-state index in [1.807, 2.05) is 41.0 Å². The fourth-order valence-electron chi connectivity index (χ4n) is 5.78. The topological polar surface area (TPSA) is 78.6 Å². The number of hydrogen-bond donors (Lipinski definition) is 2. The Hall–Kier alpha value is -4.23. The monoisotopic (exact) mass is 474 g/mol. The molecule has 2 bridgehead atoms. The number of aromatic nitrogens is 4. The predicted molar refractivity (Wildman–Crippen MR) is 141 cm³/mol. The zero-order valence-corrected chi connectivity index (χ0v) is 20.0. The first kappa shape index (κ1) is 21.1. The van der Waals surface area contributed by atoms with Crippen LogP contribution in [0.4, 0.5) is 5.69 Å². The van der Waals surface area contributed by atoms with E-state index in [1.54, 1.807) is 24.5 Å². The van der Waals surface area contributed by atoms with Crippen molar-refractivity contribution in [1.29, 1.82) is 0 Å². The van der Waals surface area contributed by atoms with E-state index in [0.29, 0.717) is 12.1 Å². The van der Waals surface area contributed by atoms with Gasteiger partial charge < -0.3 is 15.3 Å². The van der Waals surface area contributed by atoms with E-state index in [4.69, 9.17) is 10.1 Å². The maximum Gasteiger partial charge on any atom is 0.164 e. The number of piperazine rings is 1. The average Bonchev–Trinajstić information content (AvgIpc) is 3.63. The Morgan fingerprint density at radius 3 is 2.61 bits per heavy atom. The van der Waals surface area contributed by atoms with Crippen LogP contribution in [0.3, 0.4) is 0 Å². The van der Waals surface area contributed by atoms with E-state index in [9.17, 15) is 5.11 Å². The summed E-state index contributed by atoms with van der Waals surface area (Å²) >= 11 is 0. The fourth-order valence-corrected chi connectivity index (χ4v) is 5.78. The smallest absolute Gasteiger partial charge is 0.164 e. The second kappa shape index (κ2) is 8.17. The lowest BCUT2D eigenvalue weighted by atomic mass is 10.0. The van der Waals surface area contributed by atoms with Crippen LogP contribution in [0.5, 0.6) is 5.75 Å². The molecule has 2 aliphatic heterocycles. The molecule has 2 fully saturated rings. The molecule has 2 atom stereocenters. The van der Waals surface area contributed by atoms with E-state index in [2.05, 4.69) is 40.3 Å². The summed E-state index contributed by atoms with van der Waals surface area (Å²) in [6.07, 6.45) is 6.61. The lowest BCUT2D eigenvalue weighted by Crippen LogP contribution is -2.43. The summed E-state index contributed by atoms with van der Waals surface area (Å²) in [5.74, 6) is 0.209. The first-order valence-corrected chi connectivity index (χ1v) is 12.3. The van der Waals surface area contributed by atoms with Crippen molar-refractivity contribution in [2.75, 3.05) is 18.0 Å². The summed E-state index contributed by atoms with van der Waals surface area (Å²) in [5, 5.41) is 18.9. The molecule has 36 heavy (non-hydrogen) atoms. The minimum Gasteiger partial charge on any atom is -0.508 e. The number of nitrogens with zero attached hydrogens (tertiary/aromatic N) is 5. The third-order valence-electron chi connectivity index (χ3n) is 7.48. The number of fused-ring (bicyclic) bond motifs is 3. The molecule has 2 aliphatic rings. The number of aryl methyl sites for hydroxylation is 1. The Morgan fingerprint density at radius 1 is 0.972 bits per heavy atom. The summed E-state index contributed by atoms with van der Waals surface area (Å²) in [6, 6.07) is 21.1. The molecule has 2 aromatic carbocycles. The van der Waals surface area contributed by atoms with Gasteiger partial charge >= 0.3 is 0 Å². The number of pyridine rings is 1. The van der Waals surface area contributed by atoms with Gasteiger partial charge in [-0.05, 0) is 66.9 Å². The van der Waals surface area contributed by atoms with Crippen LogP contribution < -0.4 is 10.2 Å². The Labute approximate surface area is 209 Å². The maximum atomic E-state index is 10.2. The average molecular weight is 475 g/mol. The van der Waals surface area contributed by atoms with Crippen molar-refractivity contribution in [3.8, 4) is 39.4 Å². The van der Waals surface area contributed by atoms with Gasteiger partial charge in [-0.25, -0.2) is 9.50 Å². The Kier molecular flexibility index (Phi) is 4.79. The van der Waals surface area contributed by atoms with Crippen LogP contribution in [0, 0.1) is 6.92 Å². The highest BCUT2D eigenvalue weighted by Gasteiger charge is 2.37. The molecular weight excluding hydrogens is 448 g/mol. The highest BCUT2D eigenvalue weighted by atomic mass is 16.3. The van der Waals surface area contributed by atoms with Crippen LogP contribution in [-0.4, -0.2) is 49.9 Å². The van der Waals surface area contributed by atoms with E-state index in [0.717, 1.165) is 52.4 Å². The number of benzene rings is 2. The number of hydrogen-bond acceptors (Lipinski definition) is 6. The van der Waals surface area contributed by atoms with E-state index in [1.165, 1.54) is 17.7 Å². The maximum absolute atomic E-state index is 10.2. The van der Waals surface area contributed by atoms with Crippen LogP contribution in [0.25, 0.3) is 39.3 Å². The van der Waals surface area contributed by atoms with Gasteiger partial charge in [0.15, 0.2) is 5.65 Å². The molecule has 7 heteroatoms. The van der Waals surface area contributed by atoms with Crippen molar-refractivity contribution >= 4 is 11.3 Å². The summed E-state index contributed by atoms with van der Waals surface area (Å²) in [7, 11) is 0. The minimum atomic E-state index is 0.209. The van der Waals surface area contributed by atoms with Gasteiger partial charge in [-0.15, -0.1) is 0 Å². The summed E-state index contributed by atoms with van der Waals surface area (Å²) < 4.78 is 1.93. The van der Waals surface area contributed by atoms with Crippen molar-refractivity contribution < 1.29 is 5.11 Å². The molecule has 5 aromatic rings. The van der Waals surface area contributed by atoms with E-state index >= 15 is 0 Å². The third-order valence-corrected chi connectivity index (χ3v) is 7.48. The second-order valence-electron chi connectivity index (χ2n) is 9.72. The molecule has 0 saturated carbocycles. The Morgan fingerprint density at radius 2 is 1.86 bits per heavy atom. The molecule has 3 aromatic heterocycles. The first-order chi connectivity index (χ1) is 17.7. The normalized spacial score (nSPS) is 18.9. The molecule has 178 valence electrons. The Bertz CT molecular complexity index is 1590. The predicted octanol–water partition coefficient (Wildman–Crippen LogP) is 4.69. The van der Waals surface area contributed by atoms with Crippen molar-refractivity contribution in [2.45, 2.75) is 25.4 Å². The lowest BCUT2D eigenvalue weighted by Gasteiger charge is -2.30. The number of nitrogens with one attached hydrogen (secondary N) is 1. The van der Waals surface area contributed by atoms with Crippen LogP contribution >= 0.6 is 0 Å². The third kappa shape index (κ3) is 3.35. The van der Waals surface area contributed by atoms with Gasteiger partial charge in [0.1, 0.15) is 11.4 Å². The fraction of sp³-hybridized carbons (Fsp3) is 0.207. The molecule has 5 heterocycles. The van der Waals surface area contributed by atoms with Crippen LogP contribution in [-0.2, 0) is 0 Å². The summed E-state index contributed by atoms with van der Waals surface area (Å²) in [5.41, 5.74) is 8.85. The Balaban J connectivity index is 1.39. The molecule has 0 aliphatic carbocycles. The van der Waals surface area contributed by atoms with Gasteiger partial charge in [0.2, 0.25) is 0 Å². The molecule has 0 amide bonds. The molecule has 7 nitrogen and oxygen atoms in total. The SMILES string of the molecule is Cc1cc(N2C[C@@H]3C[C@H]2CN3)ccc1-c1ccnc2c(-c3cccc(O)c3)c(-c3ccncc3)nn12. The highest BCUT2D eigenvalue weighted by Crippen LogP contribution is 2.38. The van der Waals surface area contributed by atoms with Crippen LogP contribution in [0.2, 0.25) is 0 Å². The van der Waals surface area contributed by atoms with Gasteiger partial charge in [0.05, 0.1) is 11.3 Å². The van der Waals surface area contributed by atoms with E-state index in [-0.39, 0.29) is 5.75 Å². The van der Waals surface area contributed by atoms with Gasteiger partial charge in [-0.2, -0.15) is 5.10 Å². The first-order valence-electron chi connectivity index (χ1n) is 12.3. The number of phenols is 1. The van der Waals surface area contributed by atoms with Gasteiger partial charge in [0.25, 0.3) is 0 Å². The minimum absolute atomic E-state index is 0.209. The lowest BCUT2D eigenvalue weighted by molar-refractivity contribution is 0.475. The second-order valence-corrected chi connectivity index (χ2v) is 9.72. The zero-order chi connectivity index (χ0) is 24.2. The highest BCUT2D eigenvalue weighted by molar-refractivity contribution is 5.91. The molecule has 2 N–H and O–H groups in total. The number of aromatic hydroxyl groups is 1. The van der Waals surface area contributed by atoms with Crippen molar-refractivity contribution in [2.24, 2.45) is 0 Å². The molecular formula is C29H26N6O. The van der Waals surface area contributed by atoms with E-state index < -0.39 is 0 Å². The summed E-state index contributed by atoms with van der Waals surface area (Å²) in [6.45, 7) is 4.31. The molecule has 2 saturated heterocycles. The molecule has 0 unspecified atom stereocenters. The molecule has 0 spiro atoms. The number of rotatable bonds is 4. The molecule has 7 rings (SSSR count). The van der Waals surface area contributed by atoms with Crippen LogP contribution in [0.15, 0.2) is 79.3 Å². The van der Waals surface area contributed by atoms with Crippen molar-refractivity contribution in [3.63, 3.8) is 0 Å². The largest absolute Gasteiger partial charge is 0.508 e. The zero-order valence-electron chi connectivity index (χ0n) is 20.0. The molecule has 0 radical (unpaired) electrons. The van der Waals surface area contributed by atoms with Gasteiger partial charge in [0, 0.05) is 60.6 Å². The number of phenolic OH excluding ortho intramolecular Hbond substituents is 1. The summed E-state index contributed by atoms with van der Waals surface area (Å²) in [4.78, 5) is 11.5. The van der Waals surface area contributed by atoms with Crippen LogP contribution in [0.1, 0.15) is 12.0 Å². The number of anilines is 1. The van der Waals surface area contributed by atoms with Gasteiger partial charge in [-0.1, -0.05) is 18.2 Å².